The highest BCUT2D eigenvalue weighted by molar-refractivity contribution is 4.94. The second-order valence-corrected chi connectivity index (χ2v) is 5.03. The number of ether oxygens (including phenoxy) is 2. The zero-order valence-corrected chi connectivity index (χ0v) is 9.76. The maximum absolute atomic E-state index is 5.55. The topological polar surface area (TPSA) is 30.5 Å². The molecule has 1 N–H and O–H groups in total. The smallest absolute Gasteiger partial charge is 0.0644 e. The van der Waals surface area contributed by atoms with Gasteiger partial charge in [0.1, 0.15) is 0 Å². The quantitative estimate of drug-likeness (QED) is 0.769. The summed E-state index contributed by atoms with van der Waals surface area (Å²) in [7, 11) is 1.80. The van der Waals surface area contributed by atoms with Gasteiger partial charge in [0.15, 0.2) is 0 Å². The minimum Gasteiger partial charge on any atom is -0.383 e. The number of hydrogen-bond donors (Lipinski definition) is 1. The second kappa shape index (κ2) is 5.28. The summed E-state index contributed by atoms with van der Waals surface area (Å²) in [5.41, 5.74) is 0.250. The van der Waals surface area contributed by atoms with Crippen LogP contribution in [0.5, 0.6) is 0 Å². The van der Waals surface area contributed by atoms with Gasteiger partial charge in [-0.15, -0.1) is 0 Å². The molecule has 3 nitrogen and oxygen atoms in total. The van der Waals surface area contributed by atoms with Crippen LogP contribution in [0.2, 0.25) is 0 Å². The lowest BCUT2D eigenvalue weighted by molar-refractivity contribution is 0.0267. The second-order valence-electron chi connectivity index (χ2n) is 5.03. The molecule has 88 valence electrons. The average molecular weight is 213 g/mol. The van der Waals surface area contributed by atoms with E-state index in [0.717, 1.165) is 32.3 Å². The molecule has 2 rings (SSSR count). The predicted molar refractivity (Wildman–Crippen MR) is 60.0 cm³/mol. The Morgan fingerprint density at radius 3 is 3.00 bits per heavy atom. The van der Waals surface area contributed by atoms with Crippen LogP contribution in [-0.4, -0.2) is 39.0 Å². The highest BCUT2D eigenvalue weighted by Gasteiger charge is 2.36. The number of rotatable bonds is 4. The van der Waals surface area contributed by atoms with Gasteiger partial charge in [0.05, 0.1) is 6.61 Å². The van der Waals surface area contributed by atoms with Crippen molar-refractivity contribution in [1.82, 2.24) is 5.32 Å². The largest absolute Gasteiger partial charge is 0.383 e. The molecule has 2 heterocycles. The van der Waals surface area contributed by atoms with Crippen LogP contribution in [0.25, 0.3) is 0 Å². The van der Waals surface area contributed by atoms with Crippen LogP contribution < -0.4 is 5.32 Å². The molecule has 2 aliphatic heterocycles. The van der Waals surface area contributed by atoms with Crippen molar-refractivity contribution < 1.29 is 9.47 Å². The Balaban J connectivity index is 1.87. The number of methoxy groups -OCH3 is 1. The maximum atomic E-state index is 5.55. The molecule has 15 heavy (non-hydrogen) atoms. The van der Waals surface area contributed by atoms with E-state index in [-0.39, 0.29) is 5.54 Å². The molecule has 3 heteroatoms. The third kappa shape index (κ3) is 2.92. The minimum atomic E-state index is 0.250. The molecule has 0 amide bonds. The van der Waals surface area contributed by atoms with Gasteiger partial charge in [-0.05, 0) is 44.6 Å². The van der Waals surface area contributed by atoms with Crippen LogP contribution in [0.4, 0.5) is 0 Å². The summed E-state index contributed by atoms with van der Waals surface area (Å²) in [6, 6.07) is 0. The average Bonchev–Trinajstić information content (AvgIpc) is 2.69. The summed E-state index contributed by atoms with van der Waals surface area (Å²) >= 11 is 0. The van der Waals surface area contributed by atoms with E-state index in [1.54, 1.807) is 7.11 Å². The lowest BCUT2D eigenvalue weighted by atomic mass is 9.84. The number of nitrogens with one attached hydrogen (secondary N) is 1. The molecule has 2 aliphatic rings. The van der Waals surface area contributed by atoms with Crippen LogP contribution in [-0.2, 0) is 9.47 Å². The molecule has 0 radical (unpaired) electrons. The van der Waals surface area contributed by atoms with Crippen molar-refractivity contribution in [2.75, 3.05) is 33.5 Å². The van der Waals surface area contributed by atoms with Crippen molar-refractivity contribution in [3.05, 3.63) is 0 Å². The first-order valence-corrected chi connectivity index (χ1v) is 6.16. The zero-order valence-electron chi connectivity index (χ0n) is 9.76. The summed E-state index contributed by atoms with van der Waals surface area (Å²) in [6.45, 7) is 3.91. The third-order valence-corrected chi connectivity index (χ3v) is 3.69. The first-order valence-electron chi connectivity index (χ1n) is 6.16. The van der Waals surface area contributed by atoms with Gasteiger partial charge < -0.3 is 14.8 Å². The molecule has 0 aliphatic carbocycles. The van der Waals surface area contributed by atoms with Crippen molar-refractivity contribution in [2.45, 2.75) is 37.6 Å². The van der Waals surface area contributed by atoms with Crippen LogP contribution in [0.15, 0.2) is 0 Å². The van der Waals surface area contributed by atoms with Gasteiger partial charge in [-0.25, -0.2) is 0 Å². The van der Waals surface area contributed by atoms with Crippen molar-refractivity contribution in [3.63, 3.8) is 0 Å². The highest BCUT2D eigenvalue weighted by atomic mass is 16.5. The lowest BCUT2D eigenvalue weighted by Gasteiger charge is -2.34. The molecule has 0 aromatic rings. The third-order valence-electron chi connectivity index (χ3n) is 3.69. The van der Waals surface area contributed by atoms with Gasteiger partial charge in [-0.1, -0.05) is 0 Å². The number of hydrogen-bond acceptors (Lipinski definition) is 3. The Hall–Kier alpha value is -0.120. The molecular weight excluding hydrogens is 190 g/mol. The zero-order chi connectivity index (χ0) is 10.6. The molecule has 2 unspecified atom stereocenters. The lowest BCUT2D eigenvalue weighted by Crippen LogP contribution is -2.46. The van der Waals surface area contributed by atoms with E-state index in [2.05, 4.69) is 5.32 Å². The van der Waals surface area contributed by atoms with Crippen molar-refractivity contribution in [3.8, 4) is 0 Å². The van der Waals surface area contributed by atoms with Gasteiger partial charge in [-0.3, -0.25) is 0 Å². The fourth-order valence-corrected chi connectivity index (χ4v) is 3.02. The van der Waals surface area contributed by atoms with Gasteiger partial charge >= 0.3 is 0 Å². The fraction of sp³-hybridized carbons (Fsp3) is 1.00. The molecule has 0 aromatic heterocycles. The predicted octanol–water partition coefficient (Wildman–Crippen LogP) is 1.57. The molecule has 2 fully saturated rings. The Morgan fingerprint density at radius 1 is 1.47 bits per heavy atom. The van der Waals surface area contributed by atoms with E-state index < -0.39 is 0 Å². The maximum Gasteiger partial charge on any atom is 0.0644 e. The molecular formula is C12H23NO2. The Morgan fingerprint density at radius 2 is 2.40 bits per heavy atom. The van der Waals surface area contributed by atoms with Crippen LogP contribution in [0, 0.1) is 5.92 Å². The normalized spacial score (nSPS) is 37.0. The van der Waals surface area contributed by atoms with E-state index in [1.807, 2.05) is 0 Å². The van der Waals surface area contributed by atoms with E-state index in [4.69, 9.17) is 9.47 Å². The Labute approximate surface area is 92.5 Å². The first-order chi connectivity index (χ1) is 7.35. The SMILES string of the molecule is COCC1(CC2CCCOC2)CCCN1. The summed E-state index contributed by atoms with van der Waals surface area (Å²) in [5, 5.41) is 3.64. The van der Waals surface area contributed by atoms with Crippen LogP contribution in [0.3, 0.4) is 0 Å². The summed E-state index contributed by atoms with van der Waals surface area (Å²) in [5.74, 6) is 0.736. The Bertz CT molecular complexity index is 184. The summed E-state index contributed by atoms with van der Waals surface area (Å²) in [4.78, 5) is 0. The molecule has 0 spiro atoms. The van der Waals surface area contributed by atoms with E-state index in [0.29, 0.717) is 0 Å². The van der Waals surface area contributed by atoms with Gasteiger partial charge in [-0.2, -0.15) is 0 Å². The van der Waals surface area contributed by atoms with Gasteiger partial charge in [0.2, 0.25) is 0 Å². The van der Waals surface area contributed by atoms with Crippen molar-refractivity contribution >= 4 is 0 Å². The molecule has 0 saturated carbocycles. The van der Waals surface area contributed by atoms with Crippen LogP contribution >= 0.6 is 0 Å². The molecule has 0 bridgehead atoms. The minimum absolute atomic E-state index is 0.250. The standard InChI is InChI=1S/C12H23NO2/c1-14-10-12(5-3-6-13-12)8-11-4-2-7-15-9-11/h11,13H,2-10H2,1H3. The van der Waals surface area contributed by atoms with Crippen molar-refractivity contribution in [1.29, 1.82) is 0 Å². The van der Waals surface area contributed by atoms with Gasteiger partial charge in [0.25, 0.3) is 0 Å². The molecule has 2 saturated heterocycles. The van der Waals surface area contributed by atoms with E-state index in [1.165, 1.54) is 32.1 Å². The van der Waals surface area contributed by atoms with E-state index in [9.17, 15) is 0 Å². The fourth-order valence-electron chi connectivity index (χ4n) is 3.02. The first kappa shape index (κ1) is 11.4. The highest BCUT2D eigenvalue weighted by Crippen LogP contribution is 2.30. The van der Waals surface area contributed by atoms with Crippen molar-refractivity contribution in [2.24, 2.45) is 5.92 Å². The van der Waals surface area contributed by atoms with Crippen LogP contribution in [0.1, 0.15) is 32.1 Å². The monoisotopic (exact) mass is 213 g/mol. The summed E-state index contributed by atoms with van der Waals surface area (Å²) < 4.78 is 10.9. The molecule has 0 aromatic carbocycles. The summed E-state index contributed by atoms with van der Waals surface area (Å²) in [6.07, 6.45) is 6.33. The van der Waals surface area contributed by atoms with Gasteiger partial charge in [0, 0.05) is 25.9 Å². The van der Waals surface area contributed by atoms with E-state index >= 15 is 0 Å². The Kier molecular flexibility index (Phi) is 4.00. The molecule has 2 atom stereocenters.